The molecule has 1 aliphatic carbocycles. The van der Waals surface area contributed by atoms with Gasteiger partial charge in [0.25, 0.3) is 0 Å². The molecule has 0 unspecified atom stereocenters. The van der Waals surface area contributed by atoms with Gasteiger partial charge in [-0.1, -0.05) is 24.5 Å². The average molecular weight is 351 g/mol. The molecule has 0 saturated heterocycles. The Morgan fingerprint density at radius 3 is 2.68 bits per heavy atom. The summed E-state index contributed by atoms with van der Waals surface area (Å²) in [7, 11) is 3.69. The topological polar surface area (TPSA) is 66.0 Å². The maximum atomic E-state index is 12.7. The van der Waals surface area contributed by atoms with Crippen molar-refractivity contribution < 1.29 is 9.53 Å². The van der Waals surface area contributed by atoms with Crippen LogP contribution in [0.3, 0.4) is 0 Å². The van der Waals surface area contributed by atoms with Gasteiger partial charge in [0.05, 0.1) is 25.2 Å². The summed E-state index contributed by atoms with van der Waals surface area (Å²) < 4.78 is 5.35. The molecule has 2 rings (SSSR count). The number of guanidine groups is 1. The molecule has 1 heterocycles. The average Bonchev–Trinajstić information content (AvgIpc) is 3.10. The van der Waals surface area contributed by atoms with Gasteiger partial charge in [-0.15, -0.1) is 0 Å². The van der Waals surface area contributed by atoms with Crippen LogP contribution in [0.4, 0.5) is 0 Å². The van der Waals surface area contributed by atoms with Gasteiger partial charge in [0.2, 0.25) is 5.91 Å². The minimum atomic E-state index is -0.310. The first-order valence-electron chi connectivity index (χ1n) is 9.57. The molecular weight excluding hydrogens is 316 g/mol. The highest BCUT2D eigenvalue weighted by atomic mass is 16.5. The summed E-state index contributed by atoms with van der Waals surface area (Å²) in [5.74, 6) is 1.03. The molecule has 0 aromatic carbocycles. The van der Waals surface area contributed by atoms with Crippen LogP contribution >= 0.6 is 0 Å². The molecule has 0 radical (unpaired) electrons. The second-order valence-electron chi connectivity index (χ2n) is 7.25. The molecule has 1 amide bonds. The standard InChI is InChI=1S/C19H34N4O2/c1-4-20-18(21-12-7-16-8-13-25-14-9-16)22-15-19(10-5-6-11-19)17(24)23(2)3/h8H,4-7,9-15H2,1-3H3,(H2,20,21,22). The molecule has 1 aliphatic heterocycles. The highest BCUT2D eigenvalue weighted by molar-refractivity contribution is 5.84. The fourth-order valence-electron chi connectivity index (χ4n) is 3.67. The summed E-state index contributed by atoms with van der Waals surface area (Å²) in [5, 5.41) is 6.71. The predicted molar refractivity (Wildman–Crippen MR) is 102 cm³/mol. The molecule has 25 heavy (non-hydrogen) atoms. The largest absolute Gasteiger partial charge is 0.377 e. The molecule has 2 aliphatic rings. The number of hydrogen-bond acceptors (Lipinski definition) is 3. The summed E-state index contributed by atoms with van der Waals surface area (Å²) >= 11 is 0. The minimum absolute atomic E-state index is 0.219. The van der Waals surface area contributed by atoms with Crippen molar-refractivity contribution in [2.45, 2.75) is 45.4 Å². The van der Waals surface area contributed by atoms with E-state index in [1.165, 1.54) is 5.57 Å². The van der Waals surface area contributed by atoms with Crippen molar-refractivity contribution in [3.63, 3.8) is 0 Å². The quantitative estimate of drug-likeness (QED) is 0.418. The fourth-order valence-corrected chi connectivity index (χ4v) is 3.67. The van der Waals surface area contributed by atoms with Gasteiger partial charge >= 0.3 is 0 Å². The van der Waals surface area contributed by atoms with Crippen molar-refractivity contribution in [2.24, 2.45) is 10.4 Å². The third-order valence-corrected chi connectivity index (χ3v) is 5.10. The van der Waals surface area contributed by atoms with Crippen LogP contribution in [0.25, 0.3) is 0 Å². The lowest BCUT2D eigenvalue weighted by Gasteiger charge is -2.29. The minimum Gasteiger partial charge on any atom is -0.377 e. The lowest BCUT2D eigenvalue weighted by atomic mass is 9.85. The third kappa shape index (κ3) is 5.73. The second kappa shape index (κ2) is 9.80. The predicted octanol–water partition coefficient (Wildman–Crippen LogP) is 1.93. The molecule has 1 fully saturated rings. The first-order valence-corrected chi connectivity index (χ1v) is 9.57. The van der Waals surface area contributed by atoms with Gasteiger partial charge in [0.1, 0.15) is 0 Å². The molecule has 0 spiro atoms. The van der Waals surface area contributed by atoms with Crippen molar-refractivity contribution >= 4 is 11.9 Å². The monoisotopic (exact) mass is 350 g/mol. The zero-order valence-corrected chi connectivity index (χ0v) is 16.1. The van der Waals surface area contributed by atoms with Gasteiger partial charge in [-0.05, 0) is 32.6 Å². The van der Waals surface area contributed by atoms with Crippen LogP contribution in [-0.4, -0.2) is 63.7 Å². The smallest absolute Gasteiger partial charge is 0.230 e. The first kappa shape index (κ1) is 19.8. The van der Waals surface area contributed by atoms with E-state index in [0.717, 1.165) is 70.8 Å². The van der Waals surface area contributed by atoms with Crippen molar-refractivity contribution in [3.8, 4) is 0 Å². The van der Waals surface area contributed by atoms with Crippen molar-refractivity contribution in [2.75, 3.05) is 46.9 Å². The number of carbonyl (C=O) groups excluding carboxylic acids is 1. The Balaban J connectivity index is 1.92. The van der Waals surface area contributed by atoms with E-state index in [2.05, 4.69) is 23.6 Å². The molecular formula is C19H34N4O2. The van der Waals surface area contributed by atoms with Gasteiger partial charge < -0.3 is 20.3 Å². The van der Waals surface area contributed by atoms with E-state index < -0.39 is 0 Å². The zero-order chi connectivity index (χ0) is 18.1. The maximum absolute atomic E-state index is 12.7. The van der Waals surface area contributed by atoms with Gasteiger partial charge in [-0.3, -0.25) is 9.79 Å². The van der Waals surface area contributed by atoms with E-state index in [1.54, 1.807) is 4.90 Å². The van der Waals surface area contributed by atoms with Crippen LogP contribution in [0.5, 0.6) is 0 Å². The number of amides is 1. The lowest BCUT2D eigenvalue weighted by Crippen LogP contribution is -2.43. The Hall–Kier alpha value is -1.56. The van der Waals surface area contributed by atoms with Crippen molar-refractivity contribution in [1.82, 2.24) is 15.5 Å². The van der Waals surface area contributed by atoms with E-state index in [-0.39, 0.29) is 11.3 Å². The lowest BCUT2D eigenvalue weighted by molar-refractivity contribution is -0.138. The number of hydrogen-bond donors (Lipinski definition) is 2. The van der Waals surface area contributed by atoms with Crippen LogP contribution in [0.15, 0.2) is 16.6 Å². The number of ether oxygens (including phenoxy) is 1. The Bertz CT molecular complexity index is 494. The summed E-state index contributed by atoms with van der Waals surface area (Å²) in [5.41, 5.74) is 1.14. The number of rotatable bonds is 7. The SMILES string of the molecule is CCNC(=NCC1(C(=O)N(C)C)CCCC1)NCCC1=CCOCC1. The summed E-state index contributed by atoms with van der Waals surface area (Å²) in [6.07, 6.45) is 8.34. The molecule has 0 bridgehead atoms. The number of carbonyl (C=O) groups is 1. The molecule has 6 nitrogen and oxygen atoms in total. The van der Waals surface area contributed by atoms with Crippen LogP contribution in [0, 0.1) is 5.41 Å². The first-order chi connectivity index (χ1) is 12.1. The summed E-state index contributed by atoms with van der Waals surface area (Å²) in [6, 6.07) is 0. The Labute approximate surface area is 152 Å². The highest BCUT2D eigenvalue weighted by Gasteiger charge is 2.42. The van der Waals surface area contributed by atoms with Crippen LogP contribution in [-0.2, 0) is 9.53 Å². The van der Waals surface area contributed by atoms with E-state index in [4.69, 9.17) is 9.73 Å². The summed E-state index contributed by atoms with van der Waals surface area (Å²) in [6.45, 7) is 5.86. The Kier molecular flexibility index (Phi) is 7.75. The number of aliphatic imine (C=N–C) groups is 1. The van der Waals surface area contributed by atoms with E-state index in [1.807, 2.05) is 14.1 Å². The highest BCUT2D eigenvalue weighted by Crippen LogP contribution is 2.39. The molecule has 0 aromatic rings. The molecule has 0 atom stereocenters. The number of nitrogens with one attached hydrogen (secondary N) is 2. The van der Waals surface area contributed by atoms with Gasteiger partial charge in [-0.2, -0.15) is 0 Å². The number of nitrogens with zero attached hydrogens (tertiary/aromatic N) is 2. The molecule has 0 aromatic heterocycles. The summed E-state index contributed by atoms with van der Waals surface area (Å²) in [4.78, 5) is 19.1. The zero-order valence-electron chi connectivity index (χ0n) is 16.1. The molecule has 142 valence electrons. The van der Waals surface area contributed by atoms with Gasteiger partial charge in [0, 0.05) is 27.2 Å². The van der Waals surface area contributed by atoms with Crippen LogP contribution in [0.2, 0.25) is 0 Å². The second-order valence-corrected chi connectivity index (χ2v) is 7.25. The molecule has 6 heteroatoms. The maximum Gasteiger partial charge on any atom is 0.230 e. The van der Waals surface area contributed by atoms with E-state index in [9.17, 15) is 4.79 Å². The Morgan fingerprint density at radius 2 is 2.08 bits per heavy atom. The molecule has 2 N–H and O–H groups in total. The van der Waals surface area contributed by atoms with Crippen molar-refractivity contribution in [1.29, 1.82) is 0 Å². The van der Waals surface area contributed by atoms with Gasteiger partial charge in [-0.25, -0.2) is 0 Å². The van der Waals surface area contributed by atoms with Gasteiger partial charge in [0.15, 0.2) is 5.96 Å². The van der Waals surface area contributed by atoms with E-state index >= 15 is 0 Å². The molecule has 1 saturated carbocycles. The van der Waals surface area contributed by atoms with E-state index in [0.29, 0.717) is 6.54 Å². The normalized spacial score (nSPS) is 20.1. The third-order valence-electron chi connectivity index (χ3n) is 5.10. The fraction of sp³-hybridized carbons (Fsp3) is 0.789. The Morgan fingerprint density at radius 1 is 1.32 bits per heavy atom. The van der Waals surface area contributed by atoms with Crippen LogP contribution < -0.4 is 10.6 Å². The van der Waals surface area contributed by atoms with Crippen molar-refractivity contribution in [3.05, 3.63) is 11.6 Å². The van der Waals surface area contributed by atoms with Crippen LogP contribution in [0.1, 0.15) is 45.4 Å².